The second-order valence-corrected chi connectivity index (χ2v) is 8.97. The van der Waals surface area contributed by atoms with Gasteiger partial charge in [0.05, 0.1) is 23.7 Å². The van der Waals surface area contributed by atoms with E-state index in [4.69, 9.17) is 25.1 Å². The topological polar surface area (TPSA) is 132 Å². The third-order valence-electron chi connectivity index (χ3n) is 6.14. The van der Waals surface area contributed by atoms with E-state index in [-0.39, 0.29) is 13.2 Å². The van der Waals surface area contributed by atoms with Gasteiger partial charge in [0.1, 0.15) is 18.5 Å². The highest BCUT2D eigenvalue weighted by Gasteiger charge is 2.27. The minimum Gasteiger partial charge on any atom is -0.491 e. The summed E-state index contributed by atoms with van der Waals surface area (Å²) in [5, 5.41) is 16.5. The number of hydrogen-bond acceptors (Lipinski definition) is 7. The molecule has 0 aliphatic heterocycles. The zero-order chi connectivity index (χ0) is 29.0. The van der Waals surface area contributed by atoms with Gasteiger partial charge in [-0.05, 0) is 54.3 Å². The van der Waals surface area contributed by atoms with Crippen molar-refractivity contribution in [2.75, 3.05) is 36.2 Å². The smallest absolute Gasteiger partial charge is 0.412 e. The van der Waals surface area contributed by atoms with Gasteiger partial charge in [0.2, 0.25) is 5.91 Å². The van der Waals surface area contributed by atoms with Gasteiger partial charge in [-0.2, -0.15) is 0 Å². The van der Waals surface area contributed by atoms with Crippen LogP contribution in [0.2, 0.25) is 0 Å². The molecule has 0 saturated heterocycles. The lowest BCUT2D eigenvalue weighted by atomic mass is 10.0. The number of rotatable bonds is 12. The molecular weight excluding hydrogens is 522 g/mol. The van der Waals surface area contributed by atoms with E-state index in [9.17, 15) is 9.59 Å². The predicted molar refractivity (Wildman–Crippen MR) is 160 cm³/mol. The van der Waals surface area contributed by atoms with Crippen LogP contribution < -0.4 is 21.1 Å². The first kappa shape index (κ1) is 29.1. The molecular formula is C32H33N3O6. The third-order valence-corrected chi connectivity index (χ3v) is 6.14. The predicted octanol–water partition coefficient (Wildman–Crippen LogP) is 5.68. The van der Waals surface area contributed by atoms with Crippen LogP contribution in [0.1, 0.15) is 18.6 Å². The molecule has 4 aromatic carbocycles. The maximum absolute atomic E-state index is 13.2. The minimum atomic E-state index is -0.914. The van der Waals surface area contributed by atoms with Crippen molar-refractivity contribution in [2.24, 2.45) is 0 Å². The molecule has 0 spiro atoms. The average Bonchev–Trinajstić information content (AvgIpc) is 2.99. The van der Waals surface area contributed by atoms with E-state index in [1.807, 2.05) is 43.3 Å². The molecule has 0 radical (unpaired) electrons. The highest BCUT2D eigenvalue weighted by Crippen LogP contribution is 2.29. The van der Waals surface area contributed by atoms with E-state index in [0.29, 0.717) is 35.0 Å². The van der Waals surface area contributed by atoms with E-state index >= 15 is 0 Å². The molecule has 5 N–H and O–H groups in total. The van der Waals surface area contributed by atoms with Crippen molar-refractivity contribution in [3.05, 3.63) is 109 Å². The molecule has 9 nitrogen and oxygen atoms in total. The number of nitrogens with one attached hydrogen (secondary N) is 2. The number of carbonyl (C=O) groups excluding carboxylic acids is 2. The van der Waals surface area contributed by atoms with Gasteiger partial charge in [0, 0.05) is 18.1 Å². The van der Waals surface area contributed by atoms with E-state index in [1.165, 1.54) is 6.08 Å². The van der Waals surface area contributed by atoms with Gasteiger partial charge in [-0.25, -0.2) is 4.79 Å². The number of nitrogens with two attached hydrogens (primary N) is 1. The summed E-state index contributed by atoms with van der Waals surface area (Å²) in [5.41, 5.74) is 8.07. The normalized spacial score (nSPS) is 12.5. The van der Waals surface area contributed by atoms with Crippen molar-refractivity contribution in [3.8, 4) is 5.75 Å². The molecule has 0 aromatic heterocycles. The van der Waals surface area contributed by atoms with Crippen LogP contribution in [0, 0.1) is 0 Å². The van der Waals surface area contributed by atoms with E-state index in [0.717, 1.165) is 10.8 Å². The Bertz CT molecular complexity index is 1480. The Morgan fingerprint density at radius 3 is 2.37 bits per heavy atom. The fourth-order valence-electron chi connectivity index (χ4n) is 4.23. The number of benzene rings is 4. The summed E-state index contributed by atoms with van der Waals surface area (Å²) in [4.78, 5) is 25.9. The summed E-state index contributed by atoms with van der Waals surface area (Å²) in [6.07, 6.45) is 0.463. The maximum Gasteiger partial charge on any atom is 0.412 e. The standard InChI is InChI=1S/C32H33N3O6/c1-2-39-29(18-19-30(37)34-28-12-6-5-11-26(28)33)31(23-14-16-24(17-15-23)40-21-20-36)41-32(38)35-27-13-7-9-22-8-3-4-10-25(22)27/h3-19,29,31,36H,2,20-21,33H2,1H3,(H,34,37)(H,35,38)/b19-18+/t29-,31-/m1/s1. The van der Waals surface area contributed by atoms with Gasteiger partial charge in [-0.15, -0.1) is 0 Å². The highest BCUT2D eigenvalue weighted by atomic mass is 16.6. The van der Waals surface area contributed by atoms with Gasteiger partial charge in [0.25, 0.3) is 0 Å². The zero-order valence-electron chi connectivity index (χ0n) is 22.7. The van der Waals surface area contributed by atoms with Crippen LogP contribution in [0.4, 0.5) is 21.9 Å². The first-order valence-electron chi connectivity index (χ1n) is 13.2. The van der Waals surface area contributed by atoms with Gasteiger partial charge in [-0.1, -0.05) is 60.7 Å². The lowest BCUT2D eigenvalue weighted by molar-refractivity contribution is -0.112. The van der Waals surface area contributed by atoms with Gasteiger partial charge in [-0.3, -0.25) is 10.1 Å². The van der Waals surface area contributed by atoms with Gasteiger partial charge in [0.15, 0.2) is 6.10 Å². The number of nitrogen functional groups attached to an aromatic ring is 1. The Morgan fingerprint density at radius 2 is 1.61 bits per heavy atom. The largest absolute Gasteiger partial charge is 0.491 e. The van der Waals surface area contributed by atoms with Crippen LogP contribution in [0.3, 0.4) is 0 Å². The van der Waals surface area contributed by atoms with Gasteiger partial charge < -0.3 is 30.4 Å². The SMILES string of the molecule is CCO[C@H](/C=C/C(=O)Nc1ccccc1N)[C@H](OC(=O)Nc1cccc2ccccc12)c1ccc(OCCO)cc1. The molecule has 212 valence electrons. The monoisotopic (exact) mass is 555 g/mol. The van der Waals surface area contributed by atoms with Crippen molar-refractivity contribution >= 4 is 39.8 Å². The van der Waals surface area contributed by atoms with Crippen LogP contribution in [0.5, 0.6) is 5.75 Å². The summed E-state index contributed by atoms with van der Waals surface area (Å²) in [5.74, 6) is 0.129. The lowest BCUT2D eigenvalue weighted by Gasteiger charge is -2.25. The van der Waals surface area contributed by atoms with Crippen LogP contribution >= 0.6 is 0 Å². The summed E-state index contributed by atoms with van der Waals surface area (Å²) in [6.45, 7) is 2.14. The first-order valence-corrected chi connectivity index (χ1v) is 13.2. The van der Waals surface area contributed by atoms with Gasteiger partial charge >= 0.3 is 6.09 Å². The molecule has 41 heavy (non-hydrogen) atoms. The first-order chi connectivity index (χ1) is 20.0. The number of ether oxygens (including phenoxy) is 3. The number of amides is 2. The Kier molecular flexibility index (Phi) is 10.3. The molecule has 0 fully saturated rings. The van der Waals surface area contributed by atoms with Crippen LogP contribution in [-0.2, 0) is 14.3 Å². The number of fused-ring (bicyclic) bond motifs is 1. The number of aliphatic hydroxyl groups excluding tert-OH is 1. The van der Waals surface area contributed by atoms with E-state index in [2.05, 4.69) is 10.6 Å². The Labute approximate surface area is 238 Å². The van der Waals surface area contributed by atoms with E-state index < -0.39 is 24.2 Å². The molecule has 0 aliphatic carbocycles. The van der Waals surface area contributed by atoms with Crippen LogP contribution in [-0.4, -0.2) is 43.0 Å². The number of hydrogen-bond donors (Lipinski definition) is 4. The van der Waals surface area contributed by atoms with Crippen molar-refractivity contribution in [1.29, 1.82) is 0 Å². The molecule has 9 heteroatoms. The molecule has 0 saturated carbocycles. The fourth-order valence-corrected chi connectivity index (χ4v) is 4.23. The molecule has 0 aliphatic rings. The third kappa shape index (κ3) is 8.07. The quantitative estimate of drug-likeness (QED) is 0.131. The highest BCUT2D eigenvalue weighted by molar-refractivity contribution is 6.01. The molecule has 2 atom stereocenters. The van der Waals surface area contributed by atoms with Crippen molar-refractivity contribution in [3.63, 3.8) is 0 Å². The molecule has 0 bridgehead atoms. The fraction of sp³-hybridized carbons (Fsp3) is 0.188. The summed E-state index contributed by atoms with van der Waals surface area (Å²) in [6, 6.07) is 27.1. The molecule has 4 aromatic rings. The Balaban J connectivity index is 1.58. The average molecular weight is 556 g/mol. The van der Waals surface area contributed by atoms with Crippen molar-refractivity contribution in [2.45, 2.75) is 19.1 Å². The second-order valence-electron chi connectivity index (χ2n) is 8.97. The minimum absolute atomic E-state index is 0.115. The number of aliphatic hydroxyl groups is 1. The lowest BCUT2D eigenvalue weighted by Crippen LogP contribution is -2.28. The van der Waals surface area contributed by atoms with Crippen molar-refractivity contribution < 1.29 is 28.9 Å². The number of para-hydroxylation sites is 2. The summed E-state index contributed by atoms with van der Waals surface area (Å²) >= 11 is 0. The van der Waals surface area contributed by atoms with Crippen LogP contribution in [0.25, 0.3) is 10.8 Å². The summed E-state index contributed by atoms with van der Waals surface area (Å²) in [7, 11) is 0. The number of carbonyl (C=O) groups is 2. The number of anilines is 3. The van der Waals surface area contributed by atoms with E-state index in [1.54, 1.807) is 60.7 Å². The molecule has 0 heterocycles. The molecule has 0 unspecified atom stereocenters. The molecule has 4 rings (SSSR count). The van der Waals surface area contributed by atoms with Crippen LogP contribution in [0.15, 0.2) is 103 Å². The maximum atomic E-state index is 13.2. The zero-order valence-corrected chi connectivity index (χ0v) is 22.7. The second kappa shape index (κ2) is 14.5. The Hall–Kier alpha value is -4.86. The Morgan fingerprint density at radius 1 is 0.902 bits per heavy atom. The van der Waals surface area contributed by atoms with Crippen molar-refractivity contribution in [1.82, 2.24) is 0 Å². The summed E-state index contributed by atoms with van der Waals surface area (Å²) < 4.78 is 17.3. The molecule has 2 amide bonds.